The van der Waals surface area contributed by atoms with Gasteiger partial charge in [-0.1, -0.05) is 0 Å². The van der Waals surface area contributed by atoms with Crippen molar-refractivity contribution in [1.82, 2.24) is 0 Å². The molecule has 0 aromatic heterocycles. The second-order valence-electron chi connectivity index (χ2n) is 3.29. The van der Waals surface area contributed by atoms with Crippen LogP contribution in [0.5, 0.6) is 0 Å². The van der Waals surface area contributed by atoms with Crippen LogP contribution in [-0.2, 0) is 14.2 Å². The molecule has 0 aromatic rings. The third kappa shape index (κ3) is 9.42. The van der Waals surface area contributed by atoms with Crippen LogP contribution in [0.3, 0.4) is 0 Å². The molecular formula is C10H22O7. The Labute approximate surface area is 101 Å². The SMILES string of the molecule is OCCOCCOCC(O)C(CO)OCCO. The third-order valence-electron chi connectivity index (χ3n) is 1.93. The minimum atomic E-state index is -0.954. The van der Waals surface area contributed by atoms with E-state index in [9.17, 15) is 5.11 Å². The van der Waals surface area contributed by atoms with E-state index in [1.807, 2.05) is 0 Å². The third-order valence-corrected chi connectivity index (χ3v) is 1.93. The molecule has 0 aliphatic heterocycles. The summed E-state index contributed by atoms with van der Waals surface area (Å²) in [5.74, 6) is 0. The molecule has 7 nitrogen and oxygen atoms in total. The lowest BCUT2D eigenvalue weighted by atomic mass is 10.2. The zero-order valence-electron chi connectivity index (χ0n) is 9.83. The van der Waals surface area contributed by atoms with E-state index in [2.05, 4.69) is 0 Å². The number of aliphatic hydroxyl groups excluding tert-OH is 4. The fourth-order valence-corrected chi connectivity index (χ4v) is 1.09. The predicted molar refractivity (Wildman–Crippen MR) is 58.6 cm³/mol. The van der Waals surface area contributed by atoms with E-state index < -0.39 is 12.2 Å². The van der Waals surface area contributed by atoms with E-state index in [1.165, 1.54) is 0 Å². The van der Waals surface area contributed by atoms with E-state index in [0.29, 0.717) is 6.61 Å². The molecule has 2 unspecified atom stereocenters. The summed E-state index contributed by atoms with van der Waals surface area (Å²) in [6.45, 7) is 0.393. The highest BCUT2D eigenvalue weighted by molar-refractivity contribution is 4.67. The summed E-state index contributed by atoms with van der Waals surface area (Å²) in [6, 6.07) is 0. The molecule has 0 fully saturated rings. The second kappa shape index (κ2) is 12.2. The Hall–Kier alpha value is -0.280. The lowest BCUT2D eigenvalue weighted by molar-refractivity contribution is -0.0994. The van der Waals surface area contributed by atoms with Crippen LogP contribution < -0.4 is 0 Å². The fraction of sp³-hybridized carbons (Fsp3) is 1.00. The summed E-state index contributed by atoms with van der Waals surface area (Å²) < 4.78 is 15.0. The average Bonchev–Trinajstić information content (AvgIpc) is 2.34. The lowest BCUT2D eigenvalue weighted by Gasteiger charge is -2.20. The quantitative estimate of drug-likeness (QED) is 0.291. The Morgan fingerprint density at radius 2 is 1.47 bits per heavy atom. The molecule has 2 atom stereocenters. The van der Waals surface area contributed by atoms with Gasteiger partial charge in [0.2, 0.25) is 0 Å². The molecule has 17 heavy (non-hydrogen) atoms. The van der Waals surface area contributed by atoms with Crippen molar-refractivity contribution in [3.8, 4) is 0 Å². The molecule has 0 rings (SSSR count). The van der Waals surface area contributed by atoms with Gasteiger partial charge in [-0.25, -0.2) is 0 Å². The van der Waals surface area contributed by atoms with Crippen molar-refractivity contribution in [2.45, 2.75) is 12.2 Å². The highest BCUT2D eigenvalue weighted by Crippen LogP contribution is 2.00. The maximum atomic E-state index is 9.57. The summed E-state index contributed by atoms with van der Waals surface area (Å²) in [4.78, 5) is 0. The molecule has 0 spiro atoms. The Balaban J connectivity index is 3.50. The zero-order chi connectivity index (χ0) is 12.9. The smallest absolute Gasteiger partial charge is 0.109 e. The predicted octanol–water partition coefficient (Wildman–Crippen LogP) is -2.26. The Morgan fingerprint density at radius 1 is 0.824 bits per heavy atom. The molecule has 0 aromatic carbocycles. The summed E-state index contributed by atoms with van der Waals surface area (Å²) in [5, 5.41) is 35.4. The first-order valence-electron chi connectivity index (χ1n) is 5.54. The largest absolute Gasteiger partial charge is 0.394 e. The topological polar surface area (TPSA) is 109 Å². The molecular weight excluding hydrogens is 232 g/mol. The van der Waals surface area contributed by atoms with Gasteiger partial charge in [-0.15, -0.1) is 0 Å². The summed E-state index contributed by atoms with van der Waals surface area (Å²) in [7, 11) is 0. The van der Waals surface area contributed by atoms with Crippen LogP contribution >= 0.6 is 0 Å². The highest BCUT2D eigenvalue weighted by Gasteiger charge is 2.18. The summed E-state index contributed by atoms with van der Waals surface area (Å²) in [5.41, 5.74) is 0. The first kappa shape index (κ1) is 16.7. The maximum Gasteiger partial charge on any atom is 0.109 e. The van der Waals surface area contributed by atoms with Crippen molar-refractivity contribution in [2.24, 2.45) is 0 Å². The van der Waals surface area contributed by atoms with Gasteiger partial charge in [0.05, 0.1) is 52.9 Å². The standard InChI is InChI=1S/C10H22O7/c11-1-3-15-5-6-16-8-9(14)10(7-13)17-4-2-12/h9-14H,1-8H2. The van der Waals surface area contributed by atoms with Gasteiger partial charge >= 0.3 is 0 Å². The minimum absolute atomic E-state index is 0.0130. The van der Waals surface area contributed by atoms with Gasteiger partial charge in [0.1, 0.15) is 12.2 Å². The Bertz CT molecular complexity index is 156. The summed E-state index contributed by atoms with van der Waals surface area (Å²) in [6.07, 6.45) is -1.72. The van der Waals surface area contributed by atoms with Gasteiger partial charge in [0, 0.05) is 0 Å². The molecule has 7 heteroatoms. The molecule has 0 bridgehead atoms. The molecule has 0 heterocycles. The zero-order valence-corrected chi connectivity index (χ0v) is 9.83. The van der Waals surface area contributed by atoms with Crippen LogP contribution in [-0.4, -0.2) is 85.5 Å². The van der Waals surface area contributed by atoms with E-state index in [0.717, 1.165) is 0 Å². The normalized spacial score (nSPS) is 14.8. The first-order chi connectivity index (χ1) is 8.26. The highest BCUT2D eigenvalue weighted by atomic mass is 16.5. The van der Waals surface area contributed by atoms with Crippen molar-refractivity contribution in [2.75, 3.05) is 52.9 Å². The van der Waals surface area contributed by atoms with Crippen LogP contribution in [0.15, 0.2) is 0 Å². The van der Waals surface area contributed by atoms with E-state index in [-0.39, 0.29) is 46.2 Å². The Morgan fingerprint density at radius 3 is 2.06 bits per heavy atom. The molecule has 0 aliphatic carbocycles. The Kier molecular flexibility index (Phi) is 12.0. The van der Waals surface area contributed by atoms with E-state index in [1.54, 1.807) is 0 Å². The first-order valence-corrected chi connectivity index (χ1v) is 5.54. The van der Waals surface area contributed by atoms with E-state index in [4.69, 9.17) is 29.5 Å². The molecule has 0 aliphatic rings. The summed E-state index contributed by atoms with van der Waals surface area (Å²) >= 11 is 0. The monoisotopic (exact) mass is 254 g/mol. The van der Waals surface area contributed by atoms with Crippen LogP contribution in [0.25, 0.3) is 0 Å². The number of rotatable bonds is 12. The van der Waals surface area contributed by atoms with Crippen molar-refractivity contribution in [1.29, 1.82) is 0 Å². The van der Waals surface area contributed by atoms with Crippen LogP contribution in [0.2, 0.25) is 0 Å². The number of hydrogen-bond acceptors (Lipinski definition) is 7. The van der Waals surface area contributed by atoms with Crippen LogP contribution in [0, 0.1) is 0 Å². The molecule has 0 saturated carbocycles. The fourth-order valence-electron chi connectivity index (χ4n) is 1.09. The van der Waals surface area contributed by atoms with Crippen LogP contribution in [0.4, 0.5) is 0 Å². The van der Waals surface area contributed by atoms with Gasteiger partial charge in [-0.3, -0.25) is 0 Å². The molecule has 0 radical (unpaired) electrons. The maximum absolute atomic E-state index is 9.57. The number of aliphatic hydroxyl groups is 4. The molecule has 4 N–H and O–H groups in total. The molecule has 104 valence electrons. The number of hydrogen-bond donors (Lipinski definition) is 4. The minimum Gasteiger partial charge on any atom is -0.394 e. The van der Waals surface area contributed by atoms with Crippen molar-refractivity contribution in [3.05, 3.63) is 0 Å². The molecule has 0 amide bonds. The lowest BCUT2D eigenvalue weighted by Crippen LogP contribution is -2.37. The number of ether oxygens (including phenoxy) is 3. The van der Waals surface area contributed by atoms with Gasteiger partial charge in [0.25, 0.3) is 0 Å². The van der Waals surface area contributed by atoms with Gasteiger partial charge in [-0.2, -0.15) is 0 Å². The van der Waals surface area contributed by atoms with Crippen molar-refractivity contribution in [3.63, 3.8) is 0 Å². The van der Waals surface area contributed by atoms with Crippen molar-refractivity contribution >= 4 is 0 Å². The second-order valence-corrected chi connectivity index (χ2v) is 3.29. The average molecular weight is 254 g/mol. The van der Waals surface area contributed by atoms with Gasteiger partial charge < -0.3 is 34.6 Å². The van der Waals surface area contributed by atoms with Gasteiger partial charge in [0.15, 0.2) is 0 Å². The van der Waals surface area contributed by atoms with E-state index >= 15 is 0 Å². The van der Waals surface area contributed by atoms with Crippen LogP contribution in [0.1, 0.15) is 0 Å². The van der Waals surface area contributed by atoms with Crippen molar-refractivity contribution < 1.29 is 34.6 Å². The van der Waals surface area contributed by atoms with Gasteiger partial charge in [-0.05, 0) is 0 Å². The molecule has 0 saturated heterocycles.